The lowest BCUT2D eigenvalue weighted by molar-refractivity contribution is 0.296. The van der Waals surface area contributed by atoms with Crippen molar-refractivity contribution >= 4 is 17.7 Å². The van der Waals surface area contributed by atoms with Gasteiger partial charge < -0.3 is 9.47 Å². The Morgan fingerprint density at radius 2 is 1.75 bits per heavy atom. The van der Waals surface area contributed by atoms with Crippen LogP contribution in [-0.4, -0.2) is 19.3 Å². The van der Waals surface area contributed by atoms with Crippen LogP contribution in [0.1, 0.15) is 37.7 Å². The first kappa shape index (κ1) is 13.5. The Balaban J connectivity index is 2.09. The third-order valence-electron chi connectivity index (χ3n) is 4.03. The van der Waals surface area contributed by atoms with Crippen molar-refractivity contribution in [2.24, 2.45) is 4.99 Å². The molecule has 1 aromatic rings. The molecule has 1 saturated carbocycles. The lowest BCUT2D eigenvalue weighted by atomic mass is 9.88. The molecule has 0 amide bonds. The van der Waals surface area contributed by atoms with E-state index in [-0.39, 0.29) is 0 Å². The van der Waals surface area contributed by atoms with E-state index in [0.717, 1.165) is 37.7 Å². The lowest BCUT2D eigenvalue weighted by Gasteiger charge is -2.25. The van der Waals surface area contributed by atoms with Gasteiger partial charge in [-0.1, -0.05) is 24.4 Å². The fourth-order valence-corrected chi connectivity index (χ4v) is 3.36. The fraction of sp³-hybridized carbons (Fsp3) is 0.533. The van der Waals surface area contributed by atoms with Gasteiger partial charge >= 0.3 is 0 Å². The van der Waals surface area contributed by atoms with Crippen molar-refractivity contribution in [1.82, 2.24) is 0 Å². The number of fused-ring (bicyclic) bond motifs is 1. The van der Waals surface area contributed by atoms with Crippen molar-refractivity contribution < 1.29 is 14.3 Å². The minimum absolute atomic E-state index is 0.538. The summed E-state index contributed by atoms with van der Waals surface area (Å²) in [4.78, 5) is 14.9. The number of halogens is 1. The number of carbonyl (C=O) groups excluding carboxylic acids is 1. The van der Waals surface area contributed by atoms with Crippen LogP contribution in [0.5, 0.6) is 11.5 Å². The Kier molecular flexibility index (Phi) is 3.68. The molecule has 0 atom stereocenters. The van der Waals surface area contributed by atoms with Gasteiger partial charge in [0.1, 0.15) is 0 Å². The summed E-state index contributed by atoms with van der Waals surface area (Å²) >= 11 is 6.39. The number of aliphatic imine (C=N–C) groups is 1. The summed E-state index contributed by atoms with van der Waals surface area (Å²) in [6, 6.07) is 3.66. The minimum Gasteiger partial charge on any atom is -0.490 e. The highest BCUT2D eigenvalue weighted by atomic mass is 35.5. The molecule has 106 valence electrons. The summed E-state index contributed by atoms with van der Waals surface area (Å²) in [7, 11) is 0. The van der Waals surface area contributed by atoms with E-state index in [0.29, 0.717) is 29.7 Å². The molecule has 0 saturated heterocycles. The lowest BCUT2D eigenvalue weighted by Crippen LogP contribution is -2.19. The van der Waals surface area contributed by atoms with Gasteiger partial charge in [-0.3, -0.25) is 0 Å². The van der Waals surface area contributed by atoms with Gasteiger partial charge in [0.25, 0.3) is 0 Å². The van der Waals surface area contributed by atoms with Crippen molar-refractivity contribution in [3.8, 4) is 11.5 Å². The average Bonchev–Trinajstić information content (AvgIpc) is 2.78. The summed E-state index contributed by atoms with van der Waals surface area (Å²) < 4.78 is 11.3. The van der Waals surface area contributed by atoms with Crippen LogP contribution in [0.25, 0.3) is 0 Å². The second-order valence-electron chi connectivity index (χ2n) is 5.27. The van der Waals surface area contributed by atoms with E-state index in [9.17, 15) is 4.79 Å². The molecule has 5 heteroatoms. The number of hydrogen-bond donors (Lipinski definition) is 0. The Morgan fingerprint density at radius 3 is 2.40 bits per heavy atom. The van der Waals surface area contributed by atoms with E-state index >= 15 is 0 Å². The van der Waals surface area contributed by atoms with Crippen LogP contribution in [0, 0.1) is 0 Å². The average molecular weight is 294 g/mol. The predicted octanol–water partition coefficient (Wildman–Crippen LogP) is 3.61. The van der Waals surface area contributed by atoms with E-state index in [2.05, 4.69) is 4.99 Å². The molecule has 1 aromatic carbocycles. The molecule has 2 aliphatic rings. The third-order valence-corrected chi connectivity index (χ3v) is 4.34. The second kappa shape index (κ2) is 5.47. The number of isocyanates is 1. The first-order chi connectivity index (χ1) is 9.75. The molecule has 0 unspecified atom stereocenters. The Bertz CT molecular complexity index is 560. The fourth-order valence-electron chi connectivity index (χ4n) is 3.03. The van der Waals surface area contributed by atoms with Gasteiger partial charge in [0.2, 0.25) is 6.08 Å². The number of rotatable bonds is 2. The molecular weight excluding hydrogens is 278 g/mol. The monoisotopic (exact) mass is 293 g/mol. The van der Waals surface area contributed by atoms with E-state index < -0.39 is 5.54 Å². The predicted molar refractivity (Wildman–Crippen MR) is 75.3 cm³/mol. The molecule has 4 nitrogen and oxygen atoms in total. The van der Waals surface area contributed by atoms with Crippen LogP contribution in [0.4, 0.5) is 0 Å². The molecule has 0 spiro atoms. The number of benzene rings is 1. The quantitative estimate of drug-likeness (QED) is 0.618. The highest BCUT2D eigenvalue weighted by Gasteiger charge is 2.38. The molecule has 3 rings (SSSR count). The maximum absolute atomic E-state index is 10.8. The molecule has 20 heavy (non-hydrogen) atoms. The minimum atomic E-state index is -0.538. The zero-order valence-electron chi connectivity index (χ0n) is 11.2. The molecule has 0 radical (unpaired) electrons. The van der Waals surface area contributed by atoms with Crippen LogP contribution >= 0.6 is 11.6 Å². The van der Waals surface area contributed by atoms with Crippen LogP contribution in [-0.2, 0) is 10.3 Å². The smallest absolute Gasteiger partial charge is 0.235 e. The molecule has 0 N–H and O–H groups in total. The SMILES string of the molecule is O=C=NC1(c2cc3c(cc2Cl)OCCCO3)CCCC1. The van der Waals surface area contributed by atoms with E-state index in [1.54, 1.807) is 12.1 Å². The van der Waals surface area contributed by atoms with Crippen LogP contribution in [0.15, 0.2) is 17.1 Å². The Hall–Kier alpha value is -1.51. The molecule has 1 aliphatic heterocycles. The third kappa shape index (κ3) is 2.30. The van der Waals surface area contributed by atoms with Crippen molar-refractivity contribution in [1.29, 1.82) is 0 Å². The highest BCUT2D eigenvalue weighted by Crippen LogP contribution is 2.48. The van der Waals surface area contributed by atoms with Crippen molar-refractivity contribution in [3.63, 3.8) is 0 Å². The molecular formula is C15H16ClNO3. The molecule has 1 fully saturated rings. The maximum atomic E-state index is 10.8. The first-order valence-electron chi connectivity index (χ1n) is 6.94. The summed E-state index contributed by atoms with van der Waals surface area (Å²) in [6.07, 6.45) is 6.28. The standard InChI is InChI=1S/C15H16ClNO3/c16-12-9-14-13(19-6-3-7-20-14)8-11(12)15(17-10-18)4-1-2-5-15/h8-9H,1-7H2. The summed E-state index contributed by atoms with van der Waals surface area (Å²) in [6.45, 7) is 1.25. The second-order valence-corrected chi connectivity index (χ2v) is 5.68. The normalized spacial score (nSPS) is 20.1. The number of ether oxygens (including phenoxy) is 2. The zero-order chi connectivity index (χ0) is 14.0. The highest BCUT2D eigenvalue weighted by molar-refractivity contribution is 6.31. The van der Waals surface area contributed by atoms with Gasteiger partial charge in [-0.05, 0) is 18.9 Å². The van der Waals surface area contributed by atoms with Gasteiger partial charge in [0, 0.05) is 18.1 Å². The van der Waals surface area contributed by atoms with E-state index in [1.807, 2.05) is 6.07 Å². The van der Waals surface area contributed by atoms with E-state index in [1.165, 1.54) is 0 Å². The van der Waals surface area contributed by atoms with Crippen LogP contribution < -0.4 is 9.47 Å². The Labute approximate surface area is 122 Å². The molecule has 1 heterocycles. The molecule has 0 aromatic heterocycles. The van der Waals surface area contributed by atoms with Gasteiger partial charge in [0.05, 0.1) is 23.8 Å². The number of hydrogen-bond acceptors (Lipinski definition) is 4. The first-order valence-corrected chi connectivity index (χ1v) is 7.32. The van der Waals surface area contributed by atoms with Crippen molar-refractivity contribution in [2.75, 3.05) is 13.2 Å². The summed E-state index contributed by atoms with van der Waals surface area (Å²) in [5.41, 5.74) is 0.313. The Morgan fingerprint density at radius 1 is 1.10 bits per heavy atom. The van der Waals surface area contributed by atoms with Crippen LogP contribution in [0.2, 0.25) is 5.02 Å². The van der Waals surface area contributed by atoms with Crippen molar-refractivity contribution in [2.45, 2.75) is 37.6 Å². The van der Waals surface area contributed by atoms with Gasteiger partial charge in [-0.2, -0.15) is 4.99 Å². The number of nitrogens with zero attached hydrogens (tertiary/aromatic N) is 1. The largest absolute Gasteiger partial charge is 0.490 e. The van der Waals surface area contributed by atoms with Gasteiger partial charge in [-0.15, -0.1) is 0 Å². The summed E-state index contributed by atoms with van der Waals surface area (Å²) in [5, 5.41) is 0.579. The van der Waals surface area contributed by atoms with Gasteiger partial charge in [-0.25, -0.2) is 4.79 Å². The summed E-state index contributed by atoms with van der Waals surface area (Å²) in [5.74, 6) is 1.36. The van der Waals surface area contributed by atoms with Gasteiger partial charge in [0.15, 0.2) is 11.5 Å². The molecule has 1 aliphatic carbocycles. The maximum Gasteiger partial charge on any atom is 0.235 e. The van der Waals surface area contributed by atoms with Crippen LogP contribution in [0.3, 0.4) is 0 Å². The van der Waals surface area contributed by atoms with E-state index in [4.69, 9.17) is 21.1 Å². The molecule has 0 bridgehead atoms. The van der Waals surface area contributed by atoms with Crippen molar-refractivity contribution in [3.05, 3.63) is 22.7 Å². The zero-order valence-corrected chi connectivity index (χ0v) is 11.9. The topological polar surface area (TPSA) is 47.9 Å².